The second-order valence-corrected chi connectivity index (χ2v) is 9.52. The third kappa shape index (κ3) is 3.83. The summed E-state index contributed by atoms with van der Waals surface area (Å²) in [6, 6.07) is 3.12. The van der Waals surface area contributed by atoms with Crippen LogP contribution in [-0.4, -0.2) is 51.9 Å². The van der Waals surface area contributed by atoms with Gasteiger partial charge in [0.05, 0.1) is 11.9 Å². The zero-order valence-electron chi connectivity index (χ0n) is 16.0. The summed E-state index contributed by atoms with van der Waals surface area (Å²) in [6.45, 7) is 2.54. The molecule has 0 unspecified atom stereocenters. The number of pyridine rings is 1. The largest absolute Gasteiger partial charge is 0.284 e. The monoisotopic (exact) mass is 451 g/mol. The maximum absolute atomic E-state index is 13.2. The van der Waals surface area contributed by atoms with Crippen molar-refractivity contribution in [3.05, 3.63) is 60.2 Å². The molecule has 2 atom stereocenters. The number of allylic oxidation sites excluding steroid dienone is 3. The number of piperidine rings is 1. The molecule has 3 aliphatic heterocycles. The van der Waals surface area contributed by atoms with Gasteiger partial charge in [-0.3, -0.25) is 10.2 Å². The zero-order valence-corrected chi connectivity index (χ0v) is 17.6. The minimum absolute atomic E-state index is 0.0679. The Bertz CT molecular complexity index is 1110. The standard InChI is InChI=1S/C19H19ClFN5O3S/c1-12-10-25(30(28,29)14-3-2-7-22-9-14)8-6-15(12)17-18(20)24-19(23-17)16-5-4-13(21)11-26(16)27/h2-5,7,9,11-12,15,27H,6,8,10H2,1H3/b19-16-/t12-,15+/m0/s1. The van der Waals surface area contributed by atoms with Gasteiger partial charge in [0.1, 0.15) is 16.4 Å². The molecule has 0 saturated carbocycles. The minimum atomic E-state index is -3.63. The Labute approximate surface area is 178 Å². The van der Waals surface area contributed by atoms with Crippen LogP contribution in [0.5, 0.6) is 0 Å². The molecule has 1 aromatic heterocycles. The summed E-state index contributed by atoms with van der Waals surface area (Å²) in [5.74, 6) is -0.599. The Kier molecular flexibility index (Phi) is 5.58. The van der Waals surface area contributed by atoms with Gasteiger partial charge in [0, 0.05) is 31.4 Å². The van der Waals surface area contributed by atoms with Crippen molar-refractivity contribution >= 4 is 32.5 Å². The number of nitrogens with zero attached hydrogens (tertiary/aromatic N) is 5. The van der Waals surface area contributed by atoms with E-state index in [0.29, 0.717) is 30.3 Å². The Morgan fingerprint density at radius 2 is 2.10 bits per heavy atom. The molecule has 11 heteroatoms. The van der Waals surface area contributed by atoms with Gasteiger partial charge in [0.25, 0.3) is 0 Å². The number of aliphatic imine (C=N–C) groups is 2. The molecule has 0 spiro atoms. The van der Waals surface area contributed by atoms with Gasteiger partial charge < -0.3 is 0 Å². The minimum Gasteiger partial charge on any atom is -0.284 e. The van der Waals surface area contributed by atoms with Crippen molar-refractivity contribution in [3.8, 4) is 0 Å². The molecule has 1 fully saturated rings. The lowest BCUT2D eigenvalue weighted by molar-refractivity contribution is -0.00387. The van der Waals surface area contributed by atoms with E-state index < -0.39 is 15.9 Å². The van der Waals surface area contributed by atoms with Crippen LogP contribution in [0.1, 0.15) is 13.3 Å². The third-order valence-electron chi connectivity index (χ3n) is 5.26. The normalized spacial score (nSPS) is 27.7. The van der Waals surface area contributed by atoms with Crippen molar-refractivity contribution in [2.45, 2.75) is 18.2 Å². The lowest BCUT2D eigenvalue weighted by Gasteiger charge is -2.35. The maximum atomic E-state index is 13.2. The molecular formula is C19H19ClFN5O3S. The van der Waals surface area contributed by atoms with E-state index >= 15 is 0 Å². The molecule has 0 aromatic carbocycles. The third-order valence-corrected chi connectivity index (χ3v) is 7.38. The van der Waals surface area contributed by atoms with Crippen LogP contribution < -0.4 is 0 Å². The predicted molar refractivity (Wildman–Crippen MR) is 110 cm³/mol. The van der Waals surface area contributed by atoms with Gasteiger partial charge in [-0.1, -0.05) is 18.5 Å². The summed E-state index contributed by atoms with van der Waals surface area (Å²) in [5, 5.41) is 10.7. The number of sulfonamides is 1. The van der Waals surface area contributed by atoms with Gasteiger partial charge in [0.15, 0.2) is 11.0 Å². The highest BCUT2D eigenvalue weighted by molar-refractivity contribution is 7.89. The van der Waals surface area contributed by atoms with Crippen LogP contribution >= 0.6 is 11.6 Å². The first-order chi connectivity index (χ1) is 14.3. The Hall–Kier alpha value is -2.40. The van der Waals surface area contributed by atoms with E-state index in [2.05, 4.69) is 15.0 Å². The molecule has 0 bridgehead atoms. The first-order valence-corrected chi connectivity index (χ1v) is 11.1. The fraction of sp³-hybridized carbons (Fsp3) is 0.316. The van der Waals surface area contributed by atoms with Crippen molar-refractivity contribution in [3.63, 3.8) is 0 Å². The summed E-state index contributed by atoms with van der Waals surface area (Å²) in [6.07, 6.45) is 6.84. The van der Waals surface area contributed by atoms with Crippen LogP contribution in [0.2, 0.25) is 0 Å². The van der Waals surface area contributed by atoms with Crippen molar-refractivity contribution in [1.82, 2.24) is 14.4 Å². The topological polar surface area (TPSA) is 98.5 Å². The lowest BCUT2D eigenvalue weighted by Crippen LogP contribution is -2.45. The number of hydrogen-bond acceptors (Lipinski definition) is 7. The van der Waals surface area contributed by atoms with Gasteiger partial charge in [0.2, 0.25) is 10.0 Å². The highest BCUT2D eigenvalue weighted by Crippen LogP contribution is 2.33. The average molecular weight is 452 g/mol. The lowest BCUT2D eigenvalue weighted by atomic mass is 9.84. The van der Waals surface area contributed by atoms with Crippen LogP contribution in [0.15, 0.2) is 75.1 Å². The number of hydroxylamine groups is 2. The van der Waals surface area contributed by atoms with E-state index in [4.69, 9.17) is 11.6 Å². The summed E-state index contributed by atoms with van der Waals surface area (Å²) in [7, 11) is -3.63. The van der Waals surface area contributed by atoms with Gasteiger partial charge in [-0.15, -0.1) is 0 Å². The van der Waals surface area contributed by atoms with Crippen molar-refractivity contribution in [2.75, 3.05) is 13.1 Å². The van der Waals surface area contributed by atoms with Gasteiger partial charge >= 0.3 is 0 Å². The van der Waals surface area contributed by atoms with Crippen molar-refractivity contribution < 1.29 is 18.0 Å². The molecule has 0 amide bonds. The molecule has 0 radical (unpaired) electrons. The van der Waals surface area contributed by atoms with Gasteiger partial charge in [-0.05, 0) is 36.6 Å². The molecule has 1 saturated heterocycles. The number of hydrogen-bond donors (Lipinski definition) is 1. The Morgan fingerprint density at radius 1 is 1.30 bits per heavy atom. The number of halogens is 2. The highest BCUT2D eigenvalue weighted by Gasteiger charge is 2.38. The molecule has 4 heterocycles. The Morgan fingerprint density at radius 3 is 2.77 bits per heavy atom. The van der Waals surface area contributed by atoms with E-state index in [-0.39, 0.29) is 33.4 Å². The summed E-state index contributed by atoms with van der Waals surface area (Å²) >= 11 is 6.32. The van der Waals surface area contributed by atoms with Crippen LogP contribution in [0.3, 0.4) is 0 Å². The van der Waals surface area contributed by atoms with E-state index in [0.717, 1.165) is 6.20 Å². The molecule has 158 valence electrons. The molecule has 1 aromatic rings. The van der Waals surface area contributed by atoms with E-state index in [1.807, 2.05) is 6.92 Å². The second kappa shape index (κ2) is 8.03. The second-order valence-electron chi connectivity index (χ2n) is 7.22. The summed E-state index contributed by atoms with van der Waals surface area (Å²) < 4.78 is 40.4. The van der Waals surface area contributed by atoms with E-state index in [1.165, 1.54) is 34.9 Å². The first-order valence-electron chi connectivity index (χ1n) is 9.28. The molecule has 8 nitrogen and oxygen atoms in total. The highest BCUT2D eigenvalue weighted by atomic mass is 35.5. The van der Waals surface area contributed by atoms with Crippen molar-refractivity contribution in [2.24, 2.45) is 21.8 Å². The SMILES string of the molecule is C[C@H]1CN(S(=O)(=O)c2cccnc2)CC[C@H]1C1=N/C(=C2\C=CC(F)=CN2O)N=C1Cl. The molecule has 4 rings (SSSR count). The average Bonchev–Trinajstić information content (AvgIpc) is 3.09. The Balaban J connectivity index is 1.55. The van der Waals surface area contributed by atoms with Crippen LogP contribution in [0.4, 0.5) is 4.39 Å². The fourth-order valence-electron chi connectivity index (χ4n) is 3.71. The van der Waals surface area contributed by atoms with Crippen molar-refractivity contribution in [1.29, 1.82) is 0 Å². The number of aromatic nitrogens is 1. The van der Waals surface area contributed by atoms with Crippen LogP contribution in [0.25, 0.3) is 0 Å². The maximum Gasteiger partial charge on any atom is 0.244 e. The molecule has 3 aliphatic rings. The molecule has 30 heavy (non-hydrogen) atoms. The van der Waals surface area contributed by atoms with E-state index in [9.17, 15) is 18.0 Å². The summed E-state index contributed by atoms with van der Waals surface area (Å²) in [4.78, 5) is 12.7. The quantitative estimate of drug-likeness (QED) is 0.761. The summed E-state index contributed by atoms with van der Waals surface area (Å²) in [5.41, 5.74) is 0.746. The predicted octanol–water partition coefficient (Wildman–Crippen LogP) is 3.06. The first kappa shape index (κ1) is 20.9. The van der Waals surface area contributed by atoms with Gasteiger partial charge in [-0.25, -0.2) is 27.9 Å². The molecular weight excluding hydrogens is 433 g/mol. The van der Waals surface area contributed by atoms with Crippen LogP contribution in [-0.2, 0) is 10.0 Å². The van der Waals surface area contributed by atoms with Crippen LogP contribution in [0, 0.1) is 11.8 Å². The zero-order chi connectivity index (χ0) is 21.5. The molecule has 0 aliphatic carbocycles. The molecule has 1 N–H and O–H groups in total. The smallest absolute Gasteiger partial charge is 0.244 e. The van der Waals surface area contributed by atoms with E-state index in [1.54, 1.807) is 6.07 Å². The number of rotatable bonds is 3. The fourth-order valence-corrected chi connectivity index (χ4v) is 5.49. The van der Waals surface area contributed by atoms with Gasteiger partial charge in [-0.2, -0.15) is 4.31 Å².